The van der Waals surface area contributed by atoms with Crippen LogP contribution in [0.3, 0.4) is 0 Å². The van der Waals surface area contributed by atoms with E-state index >= 15 is 0 Å². The molecule has 0 aromatic carbocycles. The van der Waals surface area contributed by atoms with Crippen LogP contribution in [0.25, 0.3) is 0 Å². The first kappa shape index (κ1) is 9.97. The maximum Gasteiger partial charge on any atom is 0.207 e. The number of hydrogen-bond donors (Lipinski definition) is 2. The van der Waals surface area contributed by atoms with Gasteiger partial charge < -0.3 is 15.8 Å². The number of carbonyl (C=O) groups excluding carboxylic acids is 1. The summed E-state index contributed by atoms with van der Waals surface area (Å²) in [6, 6.07) is 0.00836. The molecule has 0 fully saturated rings. The van der Waals surface area contributed by atoms with Crippen LogP contribution < -0.4 is 11.1 Å². The molecule has 0 spiro atoms. The van der Waals surface area contributed by atoms with Crippen molar-refractivity contribution < 1.29 is 9.53 Å². The Morgan fingerprint density at radius 2 is 2.45 bits per heavy atom. The highest BCUT2D eigenvalue weighted by Gasteiger charge is 1.83. The van der Waals surface area contributed by atoms with Crippen LogP contribution >= 0.6 is 0 Å². The molecule has 0 heterocycles. The van der Waals surface area contributed by atoms with Crippen molar-refractivity contribution in [2.75, 3.05) is 13.2 Å². The van der Waals surface area contributed by atoms with Crippen LogP contribution in [0.4, 0.5) is 0 Å². The van der Waals surface area contributed by atoms with E-state index in [1.165, 1.54) is 6.26 Å². The van der Waals surface area contributed by atoms with E-state index in [2.05, 4.69) is 5.32 Å². The van der Waals surface area contributed by atoms with Crippen LogP contribution in [0.5, 0.6) is 0 Å². The minimum Gasteiger partial charge on any atom is -0.500 e. The van der Waals surface area contributed by atoms with E-state index in [9.17, 15) is 4.79 Å². The van der Waals surface area contributed by atoms with Crippen LogP contribution in [-0.2, 0) is 9.53 Å². The zero-order valence-electron chi connectivity index (χ0n) is 6.62. The number of hydrogen-bond acceptors (Lipinski definition) is 3. The van der Waals surface area contributed by atoms with Gasteiger partial charge >= 0.3 is 0 Å². The van der Waals surface area contributed by atoms with Gasteiger partial charge in [-0.05, 0) is 13.0 Å². The highest BCUT2D eigenvalue weighted by atomic mass is 16.5. The van der Waals surface area contributed by atoms with E-state index < -0.39 is 0 Å². The summed E-state index contributed by atoms with van der Waals surface area (Å²) < 4.78 is 4.96. The van der Waals surface area contributed by atoms with Crippen molar-refractivity contribution in [2.45, 2.75) is 13.0 Å². The fourth-order valence-electron chi connectivity index (χ4n) is 0.424. The first-order valence-corrected chi connectivity index (χ1v) is 3.48. The van der Waals surface area contributed by atoms with E-state index in [4.69, 9.17) is 10.5 Å². The van der Waals surface area contributed by atoms with Gasteiger partial charge in [-0.3, -0.25) is 4.79 Å². The van der Waals surface area contributed by atoms with Crippen LogP contribution in [0.2, 0.25) is 0 Å². The van der Waals surface area contributed by atoms with E-state index in [0.29, 0.717) is 19.6 Å². The second kappa shape index (κ2) is 7.08. The van der Waals surface area contributed by atoms with Crippen LogP contribution in [0, 0.1) is 0 Å². The van der Waals surface area contributed by atoms with Gasteiger partial charge in [0.25, 0.3) is 0 Å². The third-order valence-corrected chi connectivity index (χ3v) is 0.926. The van der Waals surface area contributed by atoms with Gasteiger partial charge in [-0.1, -0.05) is 0 Å². The van der Waals surface area contributed by atoms with Gasteiger partial charge in [-0.15, -0.1) is 0 Å². The minimum absolute atomic E-state index is 0.00836. The van der Waals surface area contributed by atoms with Crippen molar-refractivity contribution in [2.24, 2.45) is 5.73 Å². The fourth-order valence-corrected chi connectivity index (χ4v) is 0.424. The van der Waals surface area contributed by atoms with E-state index in [-0.39, 0.29) is 6.04 Å². The molecule has 4 heteroatoms. The van der Waals surface area contributed by atoms with Crippen molar-refractivity contribution in [1.29, 1.82) is 0 Å². The molecule has 0 bridgehead atoms. The zero-order chi connectivity index (χ0) is 8.53. The zero-order valence-corrected chi connectivity index (χ0v) is 6.62. The lowest BCUT2D eigenvalue weighted by molar-refractivity contribution is -0.109. The molecule has 0 aliphatic rings. The highest BCUT2D eigenvalue weighted by Crippen LogP contribution is 1.80. The molecule has 0 aromatic rings. The minimum atomic E-state index is 0.00836. The lowest BCUT2D eigenvalue weighted by Crippen LogP contribution is -2.16. The Morgan fingerprint density at radius 1 is 1.73 bits per heavy atom. The van der Waals surface area contributed by atoms with Crippen molar-refractivity contribution >= 4 is 6.41 Å². The first-order chi connectivity index (χ1) is 5.27. The topological polar surface area (TPSA) is 64.3 Å². The SMILES string of the molecule is CC(N)/C=C/OCCNC=O. The molecule has 1 atom stereocenters. The Balaban J connectivity index is 3.07. The summed E-state index contributed by atoms with van der Waals surface area (Å²) in [7, 11) is 0. The summed E-state index contributed by atoms with van der Waals surface area (Å²) in [5, 5.41) is 2.47. The van der Waals surface area contributed by atoms with E-state index in [1.807, 2.05) is 6.92 Å². The molecule has 0 aromatic heterocycles. The normalized spacial score (nSPS) is 12.9. The van der Waals surface area contributed by atoms with Gasteiger partial charge in [-0.25, -0.2) is 0 Å². The molecule has 1 unspecified atom stereocenters. The average molecular weight is 158 g/mol. The predicted molar refractivity (Wildman–Crippen MR) is 42.8 cm³/mol. The Bertz CT molecular complexity index is 124. The number of ether oxygens (including phenoxy) is 1. The van der Waals surface area contributed by atoms with E-state index in [1.54, 1.807) is 6.08 Å². The molecule has 1 amide bonds. The second-order valence-corrected chi connectivity index (χ2v) is 2.13. The summed E-state index contributed by atoms with van der Waals surface area (Å²) in [4.78, 5) is 9.74. The number of nitrogens with two attached hydrogens (primary N) is 1. The van der Waals surface area contributed by atoms with Crippen molar-refractivity contribution in [3.05, 3.63) is 12.3 Å². The fraction of sp³-hybridized carbons (Fsp3) is 0.571. The largest absolute Gasteiger partial charge is 0.500 e. The molecule has 0 saturated heterocycles. The van der Waals surface area contributed by atoms with Crippen molar-refractivity contribution in [3.63, 3.8) is 0 Å². The number of rotatable bonds is 6. The second-order valence-electron chi connectivity index (χ2n) is 2.13. The van der Waals surface area contributed by atoms with Gasteiger partial charge in [-0.2, -0.15) is 0 Å². The highest BCUT2D eigenvalue weighted by molar-refractivity contribution is 5.45. The average Bonchev–Trinajstić information content (AvgIpc) is 1.96. The molecule has 64 valence electrons. The number of nitrogens with one attached hydrogen (secondary N) is 1. The Hall–Kier alpha value is -1.03. The van der Waals surface area contributed by atoms with Crippen molar-refractivity contribution in [3.8, 4) is 0 Å². The summed E-state index contributed by atoms with van der Waals surface area (Å²) in [5.41, 5.74) is 5.39. The maximum absolute atomic E-state index is 9.74. The summed E-state index contributed by atoms with van der Waals surface area (Å²) in [6.07, 6.45) is 3.91. The summed E-state index contributed by atoms with van der Waals surface area (Å²) in [5.74, 6) is 0. The molecule has 0 aliphatic carbocycles. The molecule has 0 radical (unpaired) electrons. The third-order valence-electron chi connectivity index (χ3n) is 0.926. The molecule has 0 saturated carbocycles. The molecule has 4 nitrogen and oxygen atoms in total. The first-order valence-electron chi connectivity index (χ1n) is 3.48. The summed E-state index contributed by atoms with van der Waals surface area (Å²) >= 11 is 0. The van der Waals surface area contributed by atoms with Crippen LogP contribution in [-0.4, -0.2) is 25.6 Å². The van der Waals surface area contributed by atoms with Gasteiger partial charge in [0.05, 0.1) is 12.8 Å². The van der Waals surface area contributed by atoms with E-state index in [0.717, 1.165) is 0 Å². The molecular formula is C7H14N2O2. The standard InChI is InChI=1S/C7H14N2O2/c1-7(8)2-4-11-5-3-9-6-10/h2,4,6-7H,3,5,8H2,1H3,(H,9,10)/b4-2+. The smallest absolute Gasteiger partial charge is 0.207 e. The van der Waals surface area contributed by atoms with Crippen LogP contribution in [0.1, 0.15) is 6.92 Å². The quantitative estimate of drug-likeness (QED) is 0.314. The van der Waals surface area contributed by atoms with Gasteiger partial charge in [0.15, 0.2) is 0 Å². The van der Waals surface area contributed by atoms with Crippen molar-refractivity contribution in [1.82, 2.24) is 5.32 Å². The lowest BCUT2D eigenvalue weighted by Gasteiger charge is -1.99. The van der Waals surface area contributed by atoms with Gasteiger partial charge in [0, 0.05) is 6.04 Å². The summed E-state index contributed by atoms with van der Waals surface area (Å²) in [6.45, 7) is 2.85. The lowest BCUT2D eigenvalue weighted by atomic mass is 10.4. The Labute approximate surface area is 66.4 Å². The predicted octanol–water partition coefficient (Wildman–Crippen LogP) is -0.390. The van der Waals surface area contributed by atoms with Gasteiger partial charge in [0.1, 0.15) is 6.61 Å². The number of carbonyl (C=O) groups is 1. The molecule has 0 aliphatic heterocycles. The van der Waals surface area contributed by atoms with Crippen LogP contribution in [0.15, 0.2) is 12.3 Å². The Kier molecular flexibility index (Phi) is 6.42. The van der Waals surface area contributed by atoms with Gasteiger partial charge in [0.2, 0.25) is 6.41 Å². The Morgan fingerprint density at radius 3 is 3.00 bits per heavy atom. The molecule has 11 heavy (non-hydrogen) atoms. The maximum atomic E-state index is 9.74. The monoisotopic (exact) mass is 158 g/mol. The molecule has 0 rings (SSSR count). The molecule has 3 N–H and O–H groups in total. The third kappa shape index (κ3) is 8.97. The number of amides is 1. The molecular weight excluding hydrogens is 144 g/mol.